The molecule has 152 valence electrons. The highest BCUT2D eigenvalue weighted by Crippen LogP contribution is 2.24. The summed E-state index contributed by atoms with van der Waals surface area (Å²) in [6.07, 6.45) is 0. The van der Waals surface area contributed by atoms with Gasteiger partial charge in [0.1, 0.15) is 0 Å². The number of hydrogen-bond acceptors (Lipinski definition) is 3. The van der Waals surface area contributed by atoms with Crippen LogP contribution in [-0.4, -0.2) is 51.7 Å². The van der Waals surface area contributed by atoms with Crippen LogP contribution in [0.1, 0.15) is 62.3 Å². The molecule has 0 spiro atoms. The van der Waals surface area contributed by atoms with E-state index in [1.807, 2.05) is 33.8 Å². The number of piperazine rings is 1. The van der Waals surface area contributed by atoms with E-state index >= 15 is 0 Å². The summed E-state index contributed by atoms with van der Waals surface area (Å²) in [7, 11) is 0. The van der Waals surface area contributed by atoms with E-state index < -0.39 is 0 Å². The molecule has 28 heavy (non-hydrogen) atoms. The Morgan fingerprint density at radius 1 is 1.14 bits per heavy atom. The Hall–Kier alpha value is -1.85. The molecule has 1 amide bonds. The summed E-state index contributed by atoms with van der Waals surface area (Å²) in [4.78, 5) is 17.3. The van der Waals surface area contributed by atoms with Crippen molar-refractivity contribution in [1.29, 1.82) is 0 Å². The average molecular weight is 403 g/mol. The molecular formula is C22H31ClN4O. The summed E-state index contributed by atoms with van der Waals surface area (Å²) < 4.78 is 2.00. The SMILES string of the molecule is CC(C)c1cc(C(=O)N2CCN(Cc3cccc(Cl)c3)CC2)nn1C(C)(C)C. The number of carbonyl (C=O) groups is 1. The largest absolute Gasteiger partial charge is 0.335 e. The van der Waals surface area contributed by atoms with E-state index in [0.717, 1.165) is 43.4 Å². The fourth-order valence-corrected chi connectivity index (χ4v) is 3.83. The Kier molecular flexibility index (Phi) is 6.15. The summed E-state index contributed by atoms with van der Waals surface area (Å²) in [5.74, 6) is 0.357. The molecule has 2 aromatic rings. The van der Waals surface area contributed by atoms with E-state index in [1.54, 1.807) is 0 Å². The van der Waals surface area contributed by atoms with Crippen molar-refractivity contribution in [1.82, 2.24) is 19.6 Å². The zero-order valence-electron chi connectivity index (χ0n) is 17.6. The van der Waals surface area contributed by atoms with Gasteiger partial charge in [0.2, 0.25) is 0 Å². The molecule has 0 saturated carbocycles. The van der Waals surface area contributed by atoms with Crippen molar-refractivity contribution in [3.63, 3.8) is 0 Å². The molecule has 0 unspecified atom stereocenters. The number of hydrogen-bond donors (Lipinski definition) is 0. The lowest BCUT2D eigenvalue weighted by Crippen LogP contribution is -2.48. The first kappa shape index (κ1) is 20.9. The van der Waals surface area contributed by atoms with Gasteiger partial charge in [0.25, 0.3) is 5.91 Å². The second-order valence-corrected chi connectivity index (χ2v) is 9.33. The van der Waals surface area contributed by atoms with Gasteiger partial charge in [0.05, 0.1) is 5.54 Å². The van der Waals surface area contributed by atoms with Crippen LogP contribution < -0.4 is 0 Å². The van der Waals surface area contributed by atoms with Crippen molar-refractivity contribution >= 4 is 17.5 Å². The maximum absolute atomic E-state index is 13.0. The molecule has 0 bridgehead atoms. The minimum atomic E-state index is -0.145. The quantitative estimate of drug-likeness (QED) is 0.762. The van der Waals surface area contributed by atoms with Gasteiger partial charge in [-0.3, -0.25) is 14.4 Å². The predicted molar refractivity (Wildman–Crippen MR) is 114 cm³/mol. The first-order valence-electron chi connectivity index (χ1n) is 10.0. The molecule has 0 atom stereocenters. The van der Waals surface area contributed by atoms with E-state index in [9.17, 15) is 4.79 Å². The smallest absolute Gasteiger partial charge is 0.274 e. The summed E-state index contributed by atoms with van der Waals surface area (Å²) in [5.41, 5.74) is 2.73. The zero-order valence-corrected chi connectivity index (χ0v) is 18.3. The van der Waals surface area contributed by atoms with Gasteiger partial charge in [-0.25, -0.2) is 0 Å². The van der Waals surface area contributed by atoms with Crippen molar-refractivity contribution in [2.24, 2.45) is 0 Å². The van der Waals surface area contributed by atoms with Gasteiger partial charge in [-0.15, -0.1) is 0 Å². The first-order chi connectivity index (χ1) is 13.1. The summed E-state index contributed by atoms with van der Waals surface area (Å²) in [6.45, 7) is 14.7. The third-order valence-electron chi connectivity index (χ3n) is 5.14. The van der Waals surface area contributed by atoms with Crippen molar-refractivity contribution < 1.29 is 4.79 Å². The minimum absolute atomic E-state index is 0.0345. The lowest BCUT2D eigenvalue weighted by atomic mass is 10.1. The second-order valence-electron chi connectivity index (χ2n) is 8.89. The van der Waals surface area contributed by atoms with Crippen molar-refractivity contribution in [3.8, 4) is 0 Å². The van der Waals surface area contributed by atoms with Crippen LogP contribution in [-0.2, 0) is 12.1 Å². The molecule has 1 saturated heterocycles. The molecule has 1 aliphatic heterocycles. The van der Waals surface area contributed by atoms with Crippen LogP contribution in [0.15, 0.2) is 30.3 Å². The average Bonchev–Trinajstić information content (AvgIpc) is 3.08. The van der Waals surface area contributed by atoms with Crippen molar-refractivity contribution in [2.75, 3.05) is 26.2 Å². The number of benzene rings is 1. The molecule has 2 heterocycles. The lowest BCUT2D eigenvalue weighted by Gasteiger charge is -2.34. The van der Waals surface area contributed by atoms with Crippen molar-refractivity contribution in [3.05, 3.63) is 52.3 Å². The highest BCUT2D eigenvalue weighted by atomic mass is 35.5. The molecule has 6 heteroatoms. The number of nitrogens with zero attached hydrogens (tertiary/aromatic N) is 4. The lowest BCUT2D eigenvalue weighted by molar-refractivity contribution is 0.0621. The molecular weight excluding hydrogens is 372 g/mol. The van der Waals surface area contributed by atoms with Gasteiger partial charge in [-0.2, -0.15) is 5.10 Å². The standard InChI is InChI=1S/C22H31ClN4O/c1-16(2)20-14-19(24-27(20)22(3,4)5)21(28)26-11-9-25(10-12-26)15-17-7-6-8-18(23)13-17/h6-8,13-14,16H,9-12,15H2,1-5H3. The Bertz CT molecular complexity index is 829. The highest BCUT2D eigenvalue weighted by molar-refractivity contribution is 6.30. The van der Waals surface area contributed by atoms with Gasteiger partial charge in [0.15, 0.2) is 5.69 Å². The van der Waals surface area contributed by atoms with Gasteiger partial charge < -0.3 is 4.90 Å². The Morgan fingerprint density at radius 3 is 2.36 bits per heavy atom. The van der Waals surface area contributed by atoms with E-state index in [-0.39, 0.29) is 11.4 Å². The second kappa shape index (κ2) is 8.26. The highest BCUT2D eigenvalue weighted by Gasteiger charge is 2.28. The fourth-order valence-electron chi connectivity index (χ4n) is 3.61. The maximum atomic E-state index is 13.0. The van der Waals surface area contributed by atoms with E-state index in [4.69, 9.17) is 11.6 Å². The molecule has 5 nitrogen and oxygen atoms in total. The normalized spacial score (nSPS) is 16.0. The van der Waals surface area contributed by atoms with Gasteiger partial charge >= 0.3 is 0 Å². The van der Waals surface area contributed by atoms with Crippen LogP contribution in [0.4, 0.5) is 0 Å². The van der Waals surface area contributed by atoms with Crippen LogP contribution >= 0.6 is 11.6 Å². The van der Waals surface area contributed by atoms with Crippen LogP contribution in [0.2, 0.25) is 5.02 Å². The number of amides is 1. The number of rotatable bonds is 4. The van der Waals surface area contributed by atoms with Crippen LogP contribution in [0.25, 0.3) is 0 Å². The molecule has 1 aromatic carbocycles. The molecule has 1 aliphatic rings. The monoisotopic (exact) mass is 402 g/mol. The van der Waals surface area contributed by atoms with E-state index in [2.05, 4.69) is 50.7 Å². The number of carbonyl (C=O) groups excluding carboxylic acids is 1. The van der Waals surface area contributed by atoms with Gasteiger partial charge in [-0.1, -0.05) is 37.6 Å². The van der Waals surface area contributed by atoms with Crippen LogP contribution in [0.3, 0.4) is 0 Å². The van der Waals surface area contributed by atoms with Crippen molar-refractivity contribution in [2.45, 2.75) is 52.6 Å². The number of aromatic nitrogens is 2. The third-order valence-corrected chi connectivity index (χ3v) is 5.37. The summed E-state index contributed by atoms with van der Waals surface area (Å²) in [5, 5.41) is 5.44. The Labute approximate surface area is 173 Å². The molecule has 0 aliphatic carbocycles. The van der Waals surface area contributed by atoms with Crippen LogP contribution in [0.5, 0.6) is 0 Å². The topological polar surface area (TPSA) is 41.4 Å². The predicted octanol–water partition coefficient (Wildman–Crippen LogP) is 4.37. The number of halogens is 1. The zero-order chi connectivity index (χ0) is 20.5. The van der Waals surface area contributed by atoms with E-state index in [1.165, 1.54) is 5.56 Å². The maximum Gasteiger partial charge on any atom is 0.274 e. The summed E-state index contributed by atoms with van der Waals surface area (Å²) in [6, 6.07) is 9.94. The summed E-state index contributed by atoms with van der Waals surface area (Å²) >= 11 is 6.08. The molecule has 1 aromatic heterocycles. The van der Waals surface area contributed by atoms with Gasteiger partial charge in [-0.05, 0) is 50.5 Å². The molecule has 0 N–H and O–H groups in total. The minimum Gasteiger partial charge on any atom is -0.335 e. The molecule has 3 rings (SSSR count). The fraction of sp³-hybridized carbons (Fsp3) is 0.545. The molecule has 1 fully saturated rings. The van der Waals surface area contributed by atoms with Gasteiger partial charge in [0, 0.05) is 43.4 Å². The van der Waals surface area contributed by atoms with E-state index in [0.29, 0.717) is 11.6 Å². The third kappa shape index (κ3) is 4.76. The first-order valence-corrected chi connectivity index (χ1v) is 10.4. The Balaban J connectivity index is 1.65. The van der Waals surface area contributed by atoms with Crippen LogP contribution in [0, 0.1) is 0 Å². The molecule has 0 radical (unpaired) electrons. The Morgan fingerprint density at radius 2 is 1.82 bits per heavy atom.